The van der Waals surface area contributed by atoms with Gasteiger partial charge in [0.05, 0.1) is 5.69 Å². The molecular formula is C17H20N4O5. The Bertz CT molecular complexity index is 782. The van der Waals surface area contributed by atoms with Crippen molar-refractivity contribution in [1.29, 1.82) is 0 Å². The maximum Gasteiger partial charge on any atom is 0.415 e. The van der Waals surface area contributed by atoms with Crippen LogP contribution >= 0.6 is 0 Å². The third kappa shape index (κ3) is 2.55. The number of carbonyl (C=O) groups excluding carboxylic acids is 3. The Balaban J connectivity index is 1.59. The summed E-state index contributed by atoms with van der Waals surface area (Å²) in [6.07, 6.45) is -0.828. The van der Waals surface area contributed by atoms with Crippen LogP contribution in [0.1, 0.15) is 6.92 Å². The Morgan fingerprint density at radius 3 is 2.81 bits per heavy atom. The van der Waals surface area contributed by atoms with Crippen LogP contribution in [0.4, 0.5) is 16.2 Å². The zero-order valence-corrected chi connectivity index (χ0v) is 14.4. The number of rotatable bonds is 2. The summed E-state index contributed by atoms with van der Waals surface area (Å²) in [7, 11) is 0. The van der Waals surface area contributed by atoms with Gasteiger partial charge in [0, 0.05) is 38.3 Å². The number of fused-ring (bicyclic) bond motifs is 3. The lowest BCUT2D eigenvalue weighted by atomic mass is 10.1. The first kappa shape index (κ1) is 16.6. The van der Waals surface area contributed by atoms with Gasteiger partial charge in [0.2, 0.25) is 11.8 Å². The fourth-order valence-corrected chi connectivity index (χ4v) is 3.61. The van der Waals surface area contributed by atoms with E-state index in [0.717, 1.165) is 0 Å². The van der Waals surface area contributed by atoms with Crippen molar-refractivity contribution >= 4 is 29.3 Å². The highest BCUT2D eigenvalue weighted by Gasteiger charge is 2.46. The van der Waals surface area contributed by atoms with E-state index in [-0.39, 0.29) is 37.6 Å². The Morgan fingerprint density at radius 2 is 2.12 bits per heavy atom. The second kappa shape index (κ2) is 6.17. The Hall–Kier alpha value is -2.81. The van der Waals surface area contributed by atoms with Crippen LogP contribution in [0.5, 0.6) is 5.75 Å². The third-order valence-electron chi connectivity index (χ3n) is 5.03. The molecule has 3 aliphatic rings. The van der Waals surface area contributed by atoms with Crippen molar-refractivity contribution in [3.63, 3.8) is 0 Å². The van der Waals surface area contributed by atoms with E-state index in [1.807, 2.05) is 0 Å². The molecule has 0 unspecified atom stereocenters. The SMILES string of the molecule is CC(=O)N1CCN(c2ccc3c(c2)OC[C@H]2[C@H](CN)OC(=O)N32)C(=O)C1. The number of anilines is 2. The molecular weight excluding hydrogens is 340 g/mol. The van der Waals surface area contributed by atoms with Crippen LogP contribution in [0.3, 0.4) is 0 Å². The number of amides is 3. The molecule has 2 atom stereocenters. The molecule has 3 amide bonds. The third-order valence-corrected chi connectivity index (χ3v) is 5.03. The fourth-order valence-electron chi connectivity index (χ4n) is 3.61. The summed E-state index contributed by atoms with van der Waals surface area (Å²) in [6, 6.07) is 5.03. The molecule has 0 saturated carbocycles. The molecule has 2 fully saturated rings. The number of cyclic esters (lactones) is 1. The van der Waals surface area contributed by atoms with Gasteiger partial charge in [-0.25, -0.2) is 4.79 Å². The molecule has 0 aliphatic carbocycles. The van der Waals surface area contributed by atoms with Crippen LogP contribution in [0.25, 0.3) is 0 Å². The van der Waals surface area contributed by atoms with E-state index >= 15 is 0 Å². The molecule has 3 aliphatic heterocycles. The molecule has 9 nitrogen and oxygen atoms in total. The smallest absolute Gasteiger partial charge is 0.415 e. The number of hydrogen-bond acceptors (Lipinski definition) is 6. The molecule has 0 radical (unpaired) electrons. The van der Waals surface area contributed by atoms with E-state index in [4.69, 9.17) is 15.2 Å². The summed E-state index contributed by atoms with van der Waals surface area (Å²) in [6.45, 7) is 2.94. The molecule has 0 aromatic heterocycles. The van der Waals surface area contributed by atoms with Crippen molar-refractivity contribution in [2.75, 3.05) is 42.6 Å². The van der Waals surface area contributed by atoms with Gasteiger partial charge in [0.1, 0.15) is 31.0 Å². The van der Waals surface area contributed by atoms with Gasteiger partial charge >= 0.3 is 6.09 Å². The van der Waals surface area contributed by atoms with Crippen molar-refractivity contribution in [1.82, 2.24) is 4.90 Å². The van der Waals surface area contributed by atoms with Crippen LogP contribution in [-0.4, -0.2) is 67.7 Å². The van der Waals surface area contributed by atoms with E-state index in [1.54, 1.807) is 28.0 Å². The molecule has 26 heavy (non-hydrogen) atoms. The molecule has 0 spiro atoms. The normalized spacial score (nSPS) is 24.8. The summed E-state index contributed by atoms with van der Waals surface area (Å²) >= 11 is 0. The molecule has 4 rings (SSSR count). The topological polar surface area (TPSA) is 105 Å². The van der Waals surface area contributed by atoms with Crippen molar-refractivity contribution < 1.29 is 23.9 Å². The zero-order valence-electron chi connectivity index (χ0n) is 14.4. The summed E-state index contributed by atoms with van der Waals surface area (Å²) in [4.78, 5) is 40.7. The second-order valence-electron chi connectivity index (χ2n) is 6.54. The number of benzene rings is 1. The maximum absolute atomic E-state index is 12.4. The van der Waals surface area contributed by atoms with Crippen LogP contribution in [-0.2, 0) is 14.3 Å². The minimum atomic E-state index is -0.436. The molecule has 1 aromatic rings. The summed E-state index contributed by atoms with van der Waals surface area (Å²) in [5.41, 5.74) is 6.95. The van der Waals surface area contributed by atoms with Gasteiger partial charge in [-0.2, -0.15) is 0 Å². The zero-order chi connectivity index (χ0) is 18.4. The van der Waals surface area contributed by atoms with E-state index in [0.29, 0.717) is 30.2 Å². The van der Waals surface area contributed by atoms with E-state index in [9.17, 15) is 14.4 Å². The van der Waals surface area contributed by atoms with Crippen LogP contribution in [0.2, 0.25) is 0 Å². The first-order valence-electron chi connectivity index (χ1n) is 8.52. The highest BCUT2D eigenvalue weighted by Crippen LogP contribution is 2.40. The van der Waals surface area contributed by atoms with Crippen molar-refractivity contribution in [3.05, 3.63) is 18.2 Å². The van der Waals surface area contributed by atoms with Gasteiger partial charge in [-0.05, 0) is 12.1 Å². The lowest BCUT2D eigenvalue weighted by Crippen LogP contribution is -2.52. The largest absolute Gasteiger partial charge is 0.489 e. The maximum atomic E-state index is 12.4. The predicted octanol–water partition coefficient (Wildman–Crippen LogP) is -0.0734. The van der Waals surface area contributed by atoms with Gasteiger partial charge < -0.3 is 25.0 Å². The monoisotopic (exact) mass is 360 g/mol. The highest BCUT2D eigenvalue weighted by atomic mass is 16.6. The lowest BCUT2D eigenvalue weighted by Gasteiger charge is -2.35. The Labute approximate surface area is 150 Å². The minimum absolute atomic E-state index is 0.0615. The van der Waals surface area contributed by atoms with Crippen LogP contribution in [0, 0.1) is 0 Å². The average Bonchev–Trinajstić information content (AvgIpc) is 2.97. The molecule has 9 heteroatoms. The molecule has 0 bridgehead atoms. The summed E-state index contributed by atoms with van der Waals surface area (Å²) in [5, 5.41) is 0. The van der Waals surface area contributed by atoms with E-state index in [2.05, 4.69) is 0 Å². The number of carbonyl (C=O) groups is 3. The Kier molecular flexibility index (Phi) is 3.95. The van der Waals surface area contributed by atoms with Crippen molar-refractivity contribution in [3.8, 4) is 5.75 Å². The number of piperazine rings is 1. The van der Waals surface area contributed by atoms with E-state index < -0.39 is 12.2 Å². The Morgan fingerprint density at radius 1 is 1.31 bits per heavy atom. The van der Waals surface area contributed by atoms with Gasteiger partial charge in [0.25, 0.3) is 0 Å². The first-order valence-corrected chi connectivity index (χ1v) is 8.52. The molecule has 3 heterocycles. The quantitative estimate of drug-likeness (QED) is 0.791. The van der Waals surface area contributed by atoms with Crippen molar-refractivity contribution in [2.45, 2.75) is 19.1 Å². The summed E-state index contributed by atoms with van der Waals surface area (Å²) in [5.74, 6) is 0.263. The molecule has 138 valence electrons. The van der Waals surface area contributed by atoms with Crippen LogP contribution < -0.4 is 20.3 Å². The predicted molar refractivity (Wildman–Crippen MR) is 92.1 cm³/mol. The number of ether oxygens (including phenoxy) is 2. The van der Waals surface area contributed by atoms with Gasteiger partial charge in [-0.1, -0.05) is 0 Å². The number of hydrogen-bond donors (Lipinski definition) is 1. The highest BCUT2D eigenvalue weighted by molar-refractivity contribution is 5.99. The molecule has 2 N–H and O–H groups in total. The van der Waals surface area contributed by atoms with E-state index in [1.165, 1.54) is 11.8 Å². The number of nitrogens with two attached hydrogens (primary N) is 1. The van der Waals surface area contributed by atoms with Crippen molar-refractivity contribution in [2.24, 2.45) is 5.73 Å². The average molecular weight is 360 g/mol. The lowest BCUT2D eigenvalue weighted by molar-refractivity contribution is -0.135. The van der Waals surface area contributed by atoms with Gasteiger partial charge in [-0.15, -0.1) is 0 Å². The minimum Gasteiger partial charge on any atom is -0.489 e. The number of nitrogens with zero attached hydrogens (tertiary/aromatic N) is 3. The fraction of sp³-hybridized carbons (Fsp3) is 0.471. The van der Waals surface area contributed by atoms with Gasteiger partial charge in [-0.3, -0.25) is 14.5 Å². The second-order valence-corrected chi connectivity index (χ2v) is 6.54. The summed E-state index contributed by atoms with van der Waals surface area (Å²) < 4.78 is 11.1. The standard InChI is InChI=1S/C17H20N4O5/c1-10(22)19-4-5-20(16(23)8-19)11-2-3-12-14(6-11)25-9-13-15(7-18)26-17(24)21(12)13/h2-3,6,13,15H,4-5,7-9,18H2,1H3/t13-,15-/m0/s1. The molecule has 2 saturated heterocycles. The first-order chi connectivity index (χ1) is 12.5. The van der Waals surface area contributed by atoms with Crippen LogP contribution in [0.15, 0.2) is 18.2 Å². The molecule has 1 aromatic carbocycles. The van der Waals surface area contributed by atoms with Gasteiger partial charge in [0.15, 0.2) is 0 Å².